The average molecular weight is 248 g/mol. The van der Waals surface area contributed by atoms with Gasteiger partial charge in [-0.05, 0) is 38.4 Å². The lowest BCUT2D eigenvalue weighted by Crippen LogP contribution is -2.28. The molecule has 0 aromatic heterocycles. The molecule has 0 saturated heterocycles. The predicted molar refractivity (Wildman–Crippen MR) is 74.4 cm³/mol. The molecular weight excluding hydrogens is 224 g/mol. The monoisotopic (exact) mass is 248 g/mol. The van der Waals surface area contributed by atoms with E-state index in [9.17, 15) is 0 Å². The summed E-state index contributed by atoms with van der Waals surface area (Å²) in [5.41, 5.74) is 8.88. The van der Waals surface area contributed by atoms with Crippen molar-refractivity contribution in [1.29, 1.82) is 0 Å². The number of nitrogens with zero attached hydrogens (tertiary/aromatic N) is 1. The molecule has 3 nitrogen and oxygen atoms in total. The Kier molecular flexibility index (Phi) is 4.38. The maximum Gasteiger partial charge on any atom is 0.0597 e. The molecule has 2 rings (SSSR count). The number of fused-ring (bicyclic) bond motifs is 1. The molecule has 1 aromatic carbocycles. The molecule has 0 bridgehead atoms. The number of ether oxygens (including phenoxy) is 1. The number of likely N-dealkylation sites (N-methyl/N-ethyl adjacent to an activating group) is 1. The van der Waals surface area contributed by atoms with E-state index in [1.54, 1.807) is 0 Å². The molecule has 0 saturated carbocycles. The summed E-state index contributed by atoms with van der Waals surface area (Å²) in [6.07, 6.45) is 1.31. The number of benzene rings is 1. The minimum Gasteiger partial charge on any atom is -0.377 e. The van der Waals surface area contributed by atoms with Gasteiger partial charge in [-0.2, -0.15) is 0 Å². The van der Waals surface area contributed by atoms with E-state index in [1.807, 2.05) is 0 Å². The van der Waals surface area contributed by atoms with Crippen molar-refractivity contribution < 1.29 is 4.74 Å². The molecule has 0 heterocycles. The summed E-state index contributed by atoms with van der Waals surface area (Å²) in [5.74, 6) is 0. The molecule has 0 fully saturated rings. The number of rotatable bonds is 5. The van der Waals surface area contributed by atoms with Gasteiger partial charge in [0, 0.05) is 18.6 Å². The topological polar surface area (TPSA) is 38.5 Å². The first-order valence-corrected chi connectivity index (χ1v) is 6.76. The van der Waals surface area contributed by atoms with Crippen LogP contribution in [0.25, 0.3) is 0 Å². The lowest BCUT2D eigenvalue weighted by molar-refractivity contribution is 0.0553. The Labute approximate surface area is 110 Å². The van der Waals surface area contributed by atoms with E-state index in [-0.39, 0.29) is 6.04 Å². The fraction of sp³-hybridized carbons (Fsp3) is 0.600. The van der Waals surface area contributed by atoms with Crippen LogP contribution in [0.1, 0.15) is 43.5 Å². The van der Waals surface area contributed by atoms with Crippen molar-refractivity contribution in [2.75, 3.05) is 20.2 Å². The summed E-state index contributed by atoms with van der Waals surface area (Å²) in [5, 5.41) is 0. The summed E-state index contributed by atoms with van der Waals surface area (Å²) in [7, 11) is 2.16. The molecule has 100 valence electrons. The zero-order valence-corrected chi connectivity index (χ0v) is 11.6. The van der Waals surface area contributed by atoms with Gasteiger partial charge in [-0.1, -0.05) is 24.3 Å². The second-order valence-corrected chi connectivity index (χ2v) is 5.39. The van der Waals surface area contributed by atoms with Gasteiger partial charge in [0.15, 0.2) is 0 Å². The Morgan fingerprint density at radius 3 is 2.67 bits per heavy atom. The molecule has 0 amide bonds. The molecular formula is C15H24N2O. The third-order valence-corrected chi connectivity index (χ3v) is 3.66. The summed E-state index contributed by atoms with van der Waals surface area (Å²) in [4.78, 5) is 2.36. The minimum absolute atomic E-state index is 0.180. The van der Waals surface area contributed by atoms with E-state index in [2.05, 4.69) is 50.1 Å². The van der Waals surface area contributed by atoms with Crippen molar-refractivity contribution in [2.45, 2.75) is 38.5 Å². The highest BCUT2D eigenvalue weighted by Gasteiger charge is 2.30. The Morgan fingerprint density at radius 2 is 2.00 bits per heavy atom. The molecule has 0 radical (unpaired) electrons. The molecule has 1 aliphatic carbocycles. The highest BCUT2D eigenvalue weighted by Crippen LogP contribution is 2.39. The van der Waals surface area contributed by atoms with Gasteiger partial charge in [0.25, 0.3) is 0 Å². The van der Waals surface area contributed by atoms with Gasteiger partial charge >= 0.3 is 0 Å². The minimum atomic E-state index is 0.180. The largest absolute Gasteiger partial charge is 0.377 e. The zero-order valence-electron chi connectivity index (χ0n) is 11.6. The van der Waals surface area contributed by atoms with Crippen LogP contribution in [0, 0.1) is 0 Å². The Balaban J connectivity index is 1.98. The maximum atomic E-state index is 6.19. The van der Waals surface area contributed by atoms with E-state index in [0.717, 1.165) is 19.6 Å². The molecule has 3 heteroatoms. The van der Waals surface area contributed by atoms with E-state index < -0.39 is 0 Å². The smallest absolute Gasteiger partial charge is 0.0597 e. The maximum absolute atomic E-state index is 6.19. The van der Waals surface area contributed by atoms with Crippen molar-refractivity contribution in [1.82, 2.24) is 4.90 Å². The van der Waals surface area contributed by atoms with Crippen LogP contribution < -0.4 is 5.73 Å². The van der Waals surface area contributed by atoms with Gasteiger partial charge in [0.1, 0.15) is 0 Å². The van der Waals surface area contributed by atoms with E-state index in [4.69, 9.17) is 10.5 Å². The number of hydrogen-bond acceptors (Lipinski definition) is 3. The van der Waals surface area contributed by atoms with Crippen molar-refractivity contribution in [3.63, 3.8) is 0 Å². The predicted octanol–water partition coefficient (Wildman–Crippen LogP) is 2.49. The molecule has 1 aliphatic rings. The molecule has 1 aromatic rings. The number of nitrogens with two attached hydrogens (primary N) is 1. The van der Waals surface area contributed by atoms with E-state index in [0.29, 0.717) is 12.1 Å². The Hall–Kier alpha value is -0.900. The Bertz CT molecular complexity index is 392. The third-order valence-electron chi connectivity index (χ3n) is 3.66. The van der Waals surface area contributed by atoms with Crippen LogP contribution in [0.4, 0.5) is 0 Å². The lowest BCUT2D eigenvalue weighted by Gasteiger charge is -2.25. The Morgan fingerprint density at radius 1 is 1.33 bits per heavy atom. The SMILES string of the molecule is CC(C)OCCN(C)C1CC(N)c2ccccc21. The highest BCUT2D eigenvalue weighted by molar-refractivity contribution is 5.37. The normalized spacial score (nSPS) is 22.8. The first kappa shape index (κ1) is 13.5. The third kappa shape index (κ3) is 2.91. The second kappa shape index (κ2) is 5.83. The van der Waals surface area contributed by atoms with E-state index in [1.165, 1.54) is 11.1 Å². The van der Waals surface area contributed by atoms with Gasteiger partial charge in [0.05, 0.1) is 12.7 Å². The molecule has 2 atom stereocenters. The average Bonchev–Trinajstić information content (AvgIpc) is 2.67. The number of hydrogen-bond donors (Lipinski definition) is 1. The highest BCUT2D eigenvalue weighted by atomic mass is 16.5. The van der Waals surface area contributed by atoms with Crippen molar-refractivity contribution in [3.8, 4) is 0 Å². The van der Waals surface area contributed by atoms with Crippen molar-refractivity contribution in [2.24, 2.45) is 5.73 Å². The fourth-order valence-corrected chi connectivity index (χ4v) is 2.65. The molecule has 2 unspecified atom stereocenters. The first-order valence-electron chi connectivity index (χ1n) is 6.76. The fourth-order valence-electron chi connectivity index (χ4n) is 2.65. The molecule has 0 aliphatic heterocycles. The quantitative estimate of drug-likeness (QED) is 0.870. The van der Waals surface area contributed by atoms with Crippen LogP contribution in [0.2, 0.25) is 0 Å². The van der Waals surface area contributed by atoms with Crippen LogP contribution in [-0.4, -0.2) is 31.2 Å². The first-order chi connectivity index (χ1) is 8.59. The van der Waals surface area contributed by atoms with Crippen LogP contribution in [0.3, 0.4) is 0 Å². The van der Waals surface area contributed by atoms with Gasteiger partial charge in [-0.3, -0.25) is 4.90 Å². The van der Waals surface area contributed by atoms with Gasteiger partial charge in [-0.15, -0.1) is 0 Å². The van der Waals surface area contributed by atoms with Crippen LogP contribution in [-0.2, 0) is 4.74 Å². The van der Waals surface area contributed by atoms with Crippen LogP contribution in [0.15, 0.2) is 24.3 Å². The van der Waals surface area contributed by atoms with Gasteiger partial charge in [-0.25, -0.2) is 0 Å². The van der Waals surface area contributed by atoms with Gasteiger partial charge < -0.3 is 10.5 Å². The van der Waals surface area contributed by atoms with E-state index >= 15 is 0 Å². The van der Waals surface area contributed by atoms with Gasteiger partial charge in [0.2, 0.25) is 0 Å². The van der Waals surface area contributed by atoms with Crippen molar-refractivity contribution in [3.05, 3.63) is 35.4 Å². The summed E-state index contributed by atoms with van der Waals surface area (Å²) in [6, 6.07) is 9.14. The standard InChI is InChI=1S/C15H24N2O/c1-11(2)18-9-8-17(3)15-10-14(16)12-6-4-5-7-13(12)15/h4-7,11,14-15H,8-10,16H2,1-3H3. The van der Waals surface area contributed by atoms with Crippen molar-refractivity contribution >= 4 is 0 Å². The van der Waals surface area contributed by atoms with Crippen LogP contribution >= 0.6 is 0 Å². The molecule has 18 heavy (non-hydrogen) atoms. The molecule has 2 N–H and O–H groups in total. The lowest BCUT2D eigenvalue weighted by atomic mass is 10.1. The summed E-state index contributed by atoms with van der Waals surface area (Å²) in [6.45, 7) is 5.87. The second-order valence-electron chi connectivity index (χ2n) is 5.39. The van der Waals surface area contributed by atoms with Crippen LogP contribution in [0.5, 0.6) is 0 Å². The molecule has 0 spiro atoms. The summed E-state index contributed by atoms with van der Waals surface area (Å²) < 4.78 is 5.61. The summed E-state index contributed by atoms with van der Waals surface area (Å²) >= 11 is 0. The zero-order chi connectivity index (χ0) is 13.1.